The lowest BCUT2D eigenvalue weighted by Crippen LogP contribution is -2.09. The van der Waals surface area contributed by atoms with Gasteiger partial charge in [0.2, 0.25) is 0 Å². The molecule has 1 atom stereocenters. The molecule has 0 aliphatic carbocycles. The van der Waals surface area contributed by atoms with Crippen LogP contribution in [0.3, 0.4) is 0 Å². The average molecular weight is 172 g/mol. The highest BCUT2D eigenvalue weighted by molar-refractivity contribution is 5.85. The van der Waals surface area contributed by atoms with Gasteiger partial charge in [0.05, 0.1) is 18.5 Å². The highest BCUT2D eigenvalue weighted by atomic mass is 35.5. The monoisotopic (exact) mass is 171 g/mol. The van der Waals surface area contributed by atoms with Crippen molar-refractivity contribution < 1.29 is 0 Å². The maximum absolute atomic E-state index is 8.29. The molecule has 60 valence electrons. The van der Waals surface area contributed by atoms with Gasteiger partial charge in [-0.3, -0.25) is 0 Å². The van der Waals surface area contributed by atoms with Gasteiger partial charge in [-0.2, -0.15) is 5.26 Å². The molecule has 0 radical (unpaired) electrons. The molecule has 0 unspecified atom stereocenters. The largest absolute Gasteiger partial charge is 0.364 e. The van der Waals surface area contributed by atoms with Crippen molar-refractivity contribution >= 4 is 12.4 Å². The number of nitrogens with one attached hydrogen (secondary N) is 1. The van der Waals surface area contributed by atoms with E-state index in [1.165, 1.54) is 0 Å². The van der Waals surface area contributed by atoms with Crippen LogP contribution in [0.4, 0.5) is 0 Å². The molecule has 0 fully saturated rings. The van der Waals surface area contributed by atoms with Crippen molar-refractivity contribution in [2.45, 2.75) is 12.5 Å². The lowest BCUT2D eigenvalue weighted by Gasteiger charge is -2.02. The first-order valence-electron chi connectivity index (χ1n) is 3.10. The van der Waals surface area contributed by atoms with Gasteiger partial charge in [0.1, 0.15) is 0 Å². The second-order valence-corrected chi connectivity index (χ2v) is 2.09. The molecule has 1 rings (SSSR count). The first-order chi connectivity index (χ1) is 4.84. The summed E-state index contributed by atoms with van der Waals surface area (Å²) in [6.07, 6.45) is 2.16. The molecule has 4 heteroatoms. The standard InChI is InChI=1S/C7H9N3.ClH/c8-4-3-6(9)7-2-1-5-10-7;/h1-2,5-6,10H,3,9H2;1H/t6-;/m0./s1. The van der Waals surface area contributed by atoms with E-state index in [1.807, 2.05) is 18.2 Å². The van der Waals surface area contributed by atoms with Crippen molar-refractivity contribution in [1.82, 2.24) is 4.98 Å². The van der Waals surface area contributed by atoms with Gasteiger partial charge in [-0.05, 0) is 12.1 Å². The van der Waals surface area contributed by atoms with Gasteiger partial charge in [0.25, 0.3) is 0 Å². The Morgan fingerprint density at radius 2 is 2.45 bits per heavy atom. The van der Waals surface area contributed by atoms with Crippen LogP contribution in [0.25, 0.3) is 0 Å². The number of rotatable bonds is 2. The zero-order valence-electron chi connectivity index (χ0n) is 5.95. The van der Waals surface area contributed by atoms with Crippen molar-refractivity contribution in [2.24, 2.45) is 5.73 Å². The number of hydrogen-bond donors (Lipinski definition) is 2. The van der Waals surface area contributed by atoms with E-state index in [9.17, 15) is 0 Å². The molecule has 1 aromatic rings. The van der Waals surface area contributed by atoms with Crippen LogP contribution in [-0.4, -0.2) is 4.98 Å². The molecular formula is C7H10ClN3. The zero-order valence-corrected chi connectivity index (χ0v) is 6.77. The predicted octanol–water partition coefficient (Wildman–Crippen LogP) is 1.35. The summed E-state index contributed by atoms with van der Waals surface area (Å²) in [5.74, 6) is 0. The van der Waals surface area contributed by atoms with Gasteiger partial charge in [-0.15, -0.1) is 12.4 Å². The minimum atomic E-state index is -0.167. The van der Waals surface area contributed by atoms with E-state index in [1.54, 1.807) is 6.20 Å². The summed E-state index contributed by atoms with van der Waals surface area (Å²) >= 11 is 0. The number of nitrogens with two attached hydrogens (primary N) is 1. The third kappa shape index (κ3) is 2.62. The van der Waals surface area contributed by atoms with Crippen LogP contribution in [0.15, 0.2) is 18.3 Å². The van der Waals surface area contributed by atoms with Crippen LogP contribution in [0.2, 0.25) is 0 Å². The predicted molar refractivity (Wildman–Crippen MR) is 45.2 cm³/mol. The third-order valence-corrected chi connectivity index (χ3v) is 1.33. The number of nitrogens with zero attached hydrogens (tertiary/aromatic N) is 1. The minimum Gasteiger partial charge on any atom is -0.364 e. The zero-order chi connectivity index (χ0) is 7.40. The molecular weight excluding hydrogens is 162 g/mol. The van der Waals surface area contributed by atoms with Crippen LogP contribution >= 0.6 is 12.4 Å². The summed E-state index contributed by atoms with van der Waals surface area (Å²) in [7, 11) is 0. The number of nitriles is 1. The Morgan fingerprint density at radius 3 is 2.91 bits per heavy atom. The fourth-order valence-electron chi connectivity index (χ4n) is 0.783. The lowest BCUT2D eigenvalue weighted by molar-refractivity contribution is 0.726. The fourth-order valence-corrected chi connectivity index (χ4v) is 0.783. The molecule has 1 aromatic heterocycles. The fraction of sp³-hybridized carbons (Fsp3) is 0.286. The van der Waals surface area contributed by atoms with Gasteiger partial charge in [-0.25, -0.2) is 0 Å². The van der Waals surface area contributed by atoms with Gasteiger partial charge < -0.3 is 10.7 Å². The van der Waals surface area contributed by atoms with E-state index >= 15 is 0 Å². The molecule has 0 saturated carbocycles. The molecule has 0 spiro atoms. The molecule has 0 aromatic carbocycles. The summed E-state index contributed by atoms with van der Waals surface area (Å²) in [6, 6.07) is 5.59. The molecule has 3 nitrogen and oxygen atoms in total. The summed E-state index contributed by atoms with van der Waals surface area (Å²) in [6.45, 7) is 0. The summed E-state index contributed by atoms with van der Waals surface area (Å²) in [4.78, 5) is 2.95. The second kappa shape index (κ2) is 4.78. The van der Waals surface area contributed by atoms with E-state index in [-0.39, 0.29) is 18.4 Å². The van der Waals surface area contributed by atoms with Crippen LogP contribution < -0.4 is 5.73 Å². The van der Waals surface area contributed by atoms with Crippen LogP contribution in [-0.2, 0) is 0 Å². The summed E-state index contributed by atoms with van der Waals surface area (Å²) < 4.78 is 0. The Bertz CT molecular complexity index is 224. The Morgan fingerprint density at radius 1 is 1.73 bits per heavy atom. The second-order valence-electron chi connectivity index (χ2n) is 2.09. The van der Waals surface area contributed by atoms with Gasteiger partial charge in [0, 0.05) is 11.9 Å². The van der Waals surface area contributed by atoms with Crippen molar-refractivity contribution in [3.63, 3.8) is 0 Å². The Kier molecular flexibility index (Phi) is 4.35. The summed E-state index contributed by atoms with van der Waals surface area (Å²) in [5, 5.41) is 8.29. The number of hydrogen-bond acceptors (Lipinski definition) is 2. The molecule has 0 bridgehead atoms. The average Bonchev–Trinajstić information content (AvgIpc) is 2.38. The Balaban J connectivity index is 0.000001000. The normalized spacial score (nSPS) is 11.3. The minimum absolute atomic E-state index is 0. The van der Waals surface area contributed by atoms with E-state index in [2.05, 4.69) is 4.98 Å². The Hall–Kier alpha value is -0.980. The Labute approximate surface area is 71.6 Å². The highest BCUT2D eigenvalue weighted by Crippen LogP contribution is 2.09. The van der Waals surface area contributed by atoms with Gasteiger partial charge >= 0.3 is 0 Å². The van der Waals surface area contributed by atoms with Crippen molar-refractivity contribution in [2.75, 3.05) is 0 Å². The summed E-state index contributed by atoms with van der Waals surface area (Å²) in [5.41, 5.74) is 6.51. The topological polar surface area (TPSA) is 65.6 Å². The number of H-pyrrole nitrogens is 1. The number of aromatic amines is 1. The highest BCUT2D eigenvalue weighted by Gasteiger charge is 2.03. The maximum Gasteiger partial charge on any atom is 0.0642 e. The smallest absolute Gasteiger partial charge is 0.0642 e. The number of halogens is 1. The van der Waals surface area contributed by atoms with E-state index in [0.717, 1.165) is 5.69 Å². The lowest BCUT2D eigenvalue weighted by atomic mass is 10.2. The molecule has 1 heterocycles. The van der Waals surface area contributed by atoms with Crippen molar-refractivity contribution in [3.8, 4) is 6.07 Å². The molecule has 3 N–H and O–H groups in total. The first-order valence-corrected chi connectivity index (χ1v) is 3.10. The van der Waals surface area contributed by atoms with Gasteiger partial charge in [-0.1, -0.05) is 0 Å². The number of aromatic nitrogens is 1. The molecule has 0 aliphatic heterocycles. The molecule has 0 saturated heterocycles. The quantitative estimate of drug-likeness (QED) is 0.706. The molecule has 0 aliphatic rings. The SMILES string of the molecule is Cl.N#CC[C@H](N)c1ccc[nH]1. The first kappa shape index (κ1) is 10.0. The van der Waals surface area contributed by atoms with E-state index in [4.69, 9.17) is 11.0 Å². The van der Waals surface area contributed by atoms with E-state index < -0.39 is 0 Å². The molecule has 0 amide bonds. The molecule has 11 heavy (non-hydrogen) atoms. The van der Waals surface area contributed by atoms with Gasteiger partial charge in [0.15, 0.2) is 0 Å². The van der Waals surface area contributed by atoms with Crippen LogP contribution in [0.5, 0.6) is 0 Å². The van der Waals surface area contributed by atoms with Crippen molar-refractivity contribution in [1.29, 1.82) is 5.26 Å². The third-order valence-electron chi connectivity index (χ3n) is 1.33. The van der Waals surface area contributed by atoms with Crippen molar-refractivity contribution in [3.05, 3.63) is 24.0 Å². The van der Waals surface area contributed by atoms with E-state index in [0.29, 0.717) is 6.42 Å². The van der Waals surface area contributed by atoms with Crippen LogP contribution in [0, 0.1) is 11.3 Å². The maximum atomic E-state index is 8.29. The van der Waals surface area contributed by atoms with Crippen LogP contribution in [0.1, 0.15) is 18.2 Å².